The van der Waals surface area contributed by atoms with Gasteiger partial charge in [-0.25, -0.2) is 0 Å². The molecule has 2 nitrogen and oxygen atoms in total. The van der Waals surface area contributed by atoms with E-state index >= 15 is 0 Å². The number of allylic oxidation sites excluding steroid dienone is 2. The van der Waals surface area contributed by atoms with Crippen molar-refractivity contribution in [3.63, 3.8) is 0 Å². The lowest BCUT2D eigenvalue weighted by atomic mass is 10.0. The summed E-state index contributed by atoms with van der Waals surface area (Å²) in [6.07, 6.45) is 38.3. The molecule has 0 aliphatic heterocycles. The van der Waals surface area contributed by atoms with Crippen LogP contribution < -0.4 is 0 Å². The molecule has 0 atom stereocenters. The van der Waals surface area contributed by atoms with Crippen LogP contribution in [-0.2, 0) is 9.53 Å². The van der Waals surface area contributed by atoms with Gasteiger partial charge in [0, 0.05) is 6.42 Å². The lowest BCUT2D eigenvalue weighted by molar-refractivity contribution is -0.140. The minimum atomic E-state index is -0.0672. The fraction of sp³-hybridized carbons (Fsp3) is 0.900. The molecule has 0 saturated heterocycles. The highest BCUT2D eigenvalue weighted by Crippen LogP contribution is 2.14. The zero-order chi connectivity index (χ0) is 23.4. The molecule has 2 heteroatoms. The van der Waals surface area contributed by atoms with Gasteiger partial charge < -0.3 is 4.74 Å². The first kappa shape index (κ1) is 31.2. The van der Waals surface area contributed by atoms with Crippen LogP contribution in [-0.4, -0.2) is 13.1 Å². The van der Waals surface area contributed by atoms with Crippen molar-refractivity contribution < 1.29 is 9.53 Å². The van der Waals surface area contributed by atoms with Gasteiger partial charge in [-0.2, -0.15) is 0 Å². The lowest BCUT2D eigenvalue weighted by Crippen LogP contribution is -1.99. The number of methoxy groups -OCH3 is 1. The van der Waals surface area contributed by atoms with Crippen molar-refractivity contribution in [3.8, 4) is 0 Å². The number of rotatable bonds is 26. The van der Waals surface area contributed by atoms with E-state index in [1.807, 2.05) is 0 Å². The summed E-state index contributed by atoms with van der Waals surface area (Å²) in [6, 6.07) is 0. The third kappa shape index (κ3) is 27.2. The molecule has 0 aromatic carbocycles. The van der Waals surface area contributed by atoms with Gasteiger partial charge in [-0.3, -0.25) is 4.79 Å². The molecule has 0 unspecified atom stereocenters. The molecule has 0 aromatic rings. The van der Waals surface area contributed by atoms with Gasteiger partial charge in [0.25, 0.3) is 0 Å². The van der Waals surface area contributed by atoms with Crippen molar-refractivity contribution in [2.75, 3.05) is 7.11 Å². The summed E-state index contributed by atoms with van der Waals surface area (Å²) in [7, 11) is 1.47. The van der Waals surface area contributed by atoms with E-state index in [1.165, 1.54) is 148 Å². The second-order valence-electron chi connectivity index (χ2n) is 9.80. The van der Waals surface area contributed by atoms with E-state index in [0.29, 0.717) is 6.42 Å². The average molecular weight is 451 g/mol. The summed E-state index contributed by atoms with van der Waals surface area (Å²) in [5.74, 6) is -0.0672. The zero-order valence-electron chi connectivity index (χ0n) is 22.1. The average Bonchev–Trinajstić information content (AvgIpc) is 2.81. The number of ether oxygens (including phenoxy) is 1. The van der Waals surface area contributed by atoms with Gasteiger partial charge in [-0.15, -0.1) is 0 Å². The number of hydrogen-bond donors (Lipinski definition) is 0. The summed E-state index contributed by atoms with van der Waals surface area (Å²) in [6.45, 7) is 2.29. The lowest BCUT2D eigenvalue weighted by Gasteiger charge is -2.03. The molecule has 0 spiro atoms. The molecule has 0 bridgehead atoms. The Morgan fingerprint density at radius 1 is 0.500 bits per heavy atom. The molecular formula is C30H58O2. The van der Waals surface area contributed by atoms with E-state index < -0.39 is 0 Å². The van der Waals surface area contributed by atoms with Crippen LogP contribution in [0.4, 0.5) is 0 Å². The molecule has 0 N–H and O–H groups in total. The van der Waals surface area contributed by atoms with Crippen LogP contribution in [0.25, 0.3) is 0 Å². The Balaban J connectivity index is 3.10. The molecule has 32 heavy (non-hydrogen) atoms. The third-order valence-electron chi connectivity index (χ3n) is 6.62. The molecule has 0 heterocycles. The Morgan fingerprint density at radius 3 is 1.16 bits per heavy atom. The van der Waals surface area contributed by atoms with E-state index in [4.69, 9.17) is 0 Å². The van der Waals surface area contributed by atoms with Crippen molar-refractivity contribution in [3.05, 3.63) is 12.2 Å². The molecular weight excluding hydrogens is 392 g/mol. The first-order valence-electron chi connectivity index (χ1n) is 14.5. The normalized spacial score (nSPS) is 11.4. The standard InChI is InChI=1S/C30H58O2/c1-3-4-5-6-7-8-9-10-11-12-13-14-15-16-17-18-19-20-21-22-23-24-25-26-27-28-29-30(31)32-2/h18-19H,3-17,20-29H2,1-2H3. The molecule has 0 radical (unpaired) electrons. The molecule has 190 valence electrons. The van der Waals surface area contributed by atoms with E-state index in [-0.39, 0.29) is 5.97 Å². The van der Waals surface area contributed by atoms with Crippen molar-refractivity contribution >= 4 is 5.97 Å². The minimum Gasteiger partial charge on any atom is -0.469 e. The van der Waals surface area contributed by atoms with Gasteiger partial charge in [-0.1, -0.05) is 141 Å². The summed E-state index contributed by atoms with van der Waals surface area (Å²) in [5, 5.41) is 0. The monoisotopic (exact) mass is 450 g/mol. The summed E-state index contributed by atoms with van der Waals surface area (Å²) in [5.41, 5.74) is 0. The van der Waals surface area contributed by atoms with Crippen LogP contribution in [0.1, 0.15) is 167 Å². The van der Waals surface area contributed by atoms with Crippen molar-refractivity contribution in [1.82, 2.24) is 0 Å². The number of carbonyl (C=O) groups excluding carboxylic acids is 1. The van der Waals surface area contributed by atoms with Crippen LogP contribution >= 0.6 is 0 Å². The molecule has 0 aliphatic carbocycles. The van der Waals surface area contributed by atoms with Crippen LogP contribution in [0.3, 0.4) is 0 Å². The molecule has 0 saturated carbocycles. The van der Waals surface area contributed by atoms with E-state index in [0.717, 1.165) is 12.8 Å². The predicted octanol–water partition coefficient (Wildman–Crippen LogP) is 10.5. The van der Waals surface area contributed by atoms with Crippen molar-refractivity contribution in [1.29, 1.82) is 0 Å². The summed E-state index contributed by atoms with van der Waals surface area (Å²) >= 11 is 0. The largest absolute Gasteiger partial charge is 0.469 e. The second kappa shape index (κ2) is 28.2. The highest BCUT2D eigenvalue weighted by atomic mass is 16.5. The van der Waals surface area contributed by atoms with Gasteiger partial charge in [0.05, 0.1) is 7.11 Å². The third-order valence-corrected chi connectivity index (χ3v) is 6.62. The first-order valence-corrected chi connectivity index (χ1v) is 14.5. The van der Waals surface area contributed by atoms with E-state index in [1.54, 1.807) is 0 Å². The van der Waals surface area contributed by atoms with Gasteiger partial charge in [-0.05, 0) is 32.1 Å². The van der Waals surface area contributed by atoms with Crippen LogP contribution in [0.2, 0.25) is 0 Å². The van der Waals surface area contributed by atoms with Crippen LogP contribution in [0.5, 0.6) is 0 Å². The first-order chi connectivity index (χ1) is 15.8. The Bertz CT molecular complexity index is 388. The van der Waals surface area contributed by atoms with Crippen LogP contribution in [0.15, 0.2) is 12.2 Å². The van der Waals surface area contributed by atoms with Gasteiger partial charge in [0.1, 0.15) is 0 Å². The van der Waals surface area contributed by atoms with Crippen LogP contribution in [0, 0.1) is 0 Å². The second-order valence-corrected chi connectivity index (χ2v) is 9.80. The fourth-order valence-electron chi connectivity index (χ4n) is 4.39. The topological polar surface area (TPSA) is 26.3 Å². The predicted molar refractivity (Wildman–Crippen MR) is 142 cm³/mol. The molecule has 0 fully saturated rings. The number of carbonyl (C=O) groups is 1. The summed E-state index contributed by atoms with van der Waals surface area (Å²) < 4.78 is 4.66. The Hall–Kier alpha value is -0.790. The molecule has 0 amide bonds. The summed E-state index contributed by atoms with van der Waals surface area (Å²) in [4.78, 5) is 11.0. The Morgan fingerprint density at radius 2 is 0.812 bits per heavy atom. The maximum atomic E-state index is 11.0. The Labute approximate surface area is 202 Å². The zero-order valence-corrected chi connectivity index (χ0v) is 22.1. The maximum absolute atomic E-state index is 11.0. The highest BCUT2D eigenvalue weighted by molar-refractivity contribution is 5.68. The van der Waals surface area contributed by atoms with Gasteiger partial charge in [0.2, 0.25) is 0 Å². The van der Waals surface area contributed by atoms with E-state index in [9.17, 15) is 4.79 Å². The SMILES string of the molecule is CCCCCCCCCCCCCCCCC=CCCCCCCCCCCC(=O)OC. The molecule has 0 aliphatic rings. The molecule has 0 rings (SSSR count). The molecule has 0 aromatic heterocycles. The number of esters is 1. The van der Waals surface area contributed by atoms with Gasteiger partial charge >= 0.3 is 5.97 Å². The number of unbranched alkanes of at least 4 members (excludes halogenated alkanes) is 22. The van der Waals surface area contributed by atoms with Crippen molar-refractivity contribution in [2.24, 2.45) is 0 Å². The number of hydrogen-bond acceptors (Lipinski definition) is 2. The maximum Gasteiger partial charge on any atom is 0.305 e. The fourth-order valence-corrected chi connectivity index (χ4v) is 4.39. The smallest absolute Gasteiger partial charge is 0.305 e. The van der Waals surface area contributed by atoms with Gasteiger partial charge in [0.15, 0.2) is 0 Å². The minimum absolute atomic E-state index is 0.0672. The van der Waals surface area contributed by atoms with Crippen molar-refractivity contribution in [2.45, 2.75) is 167 Å². The highest BCUT2D eigenvalue weighted by Gasteiger charge is 1.99. The van der Waals surface area contributed by atoms with E-state index in [2.05, 4.69) is 23.8 Å². The quantitative estimate of drug-likeness (QED) is 0.0744. The Kier molecular flexibility index (Phi) is 27.5.